The summed E-state index contributed by atoms with van der Waals surface area (Å²) in [6.45, 7) is 5.62. The Hall–Kier alpha value is -0.632. The summed E-state index contributed by atoms with van der Waals surface area (Å²) in [4.78, 5) is 40.1. The van der Waals surface area contributed by atoms with E-state index in [9.17, 15) is 19.2 Å². The number of hydrogen-bond acceptors (Lipinski definition) is 4. The summed E-state index contributed by atoms with van der Waals surface area (Å²) < 4.78 is 0. The third kappa shape index (κ3) is 31.8. The zero-order valence-electron chi connectivity index (χ0n) is 9.46. The summed E-state index contributed by atoms with van der Waals surface area (Å²) >= 11 is 0. The van der Waals surface area contributed by atoms with Crippen LogP contribution in [0, 0.1) is 0 Å². The van der Waals surface area contributed by atoms with Crippen molar-refractivity contribution in [2.24, 2.45) is 0 Å². The molecule has 0 aromatic rings. The van der Waals surface area contributed by atoms with Gasteiger partial charge in [0.25, 0.3) is 0 Å². The second kappa shape index (κ2) is 11.4. The van der Waals surface area contributed by atoms with Crippen molar-refractivity contribution in [1.82, 2.24) is 0 Å². The second-order valence-electron chi connectivity index (χ2n) is 3.16. The van der Waals surface area contributed by atoms with Crippen LogP contribution in [0.1, 0.15) is 40.5 Å². The molecule has 0 N–H and O–H groups in total. The van der Waals surface area contributed by atoms with Crippen LogP contribution < -0.4 is 0 Å². The van der Waals surface area contributed by atoms with Crippen molar-refractivity contribution in [2.45, 2.75) is 40.5 Å². The minimum absolute atomic E-state index is 0. The number of carbonyl (C=O) groups is 4. The molecule has 0 fully saturated rings. The zero-order valence-corrected chi connectivity index (χ0v) is 11.5. The van der Waals surface area contributed by atoms with Crippen molar-refractivity contribution < 1.29 is 40.2 Å². The first-order chi connectivity index (χ1) is 6.25. The average Bonchev–Trinajstić information content (AvgIpc) is 1.79. The molecule has 0 aliphatic carbocycles. The van der Waals surface area contributed by atoms with E-state index in [0.29, 0.717) is 0 Å². The van der Waals surface area contributed by atoms with Crippen LogP contribution in [0.2, 0.25) is 0 Å². The fourth-order valence-electron chi connectivity index (χ4n) is 0.701. The smallest absolute Gasteiger partial charge is 0.300 e. The van der Waals surface area contributed by atoms with Crippen LogP contribution in [0.4, 0.5) is 0 Å². The summed E-state index contributed by atoms with van der Waals surface area (Å²) in [5, 5.41) is 0. The summed E-state index contributed by atoms with van der Waals surface area (Å²) in [7, 11) is 0. The Labute approximate surface area is 104 Å². The molecule has 15 heavy (non-hydrogen) atoms. The molecule has 0 aromatic carbocycles. The maximum Gasteiger partial charge on any atom is 2.00 e. The molecule has 0 heterocycles. The van der Waals surface area contributed by atoms with E-state index in [1.165, 1.54) is 27.7 Å². The van der Waals surface area contributed by atoms with Crippen LogP contribution in [0.15, 0.2) is 0 Å². The van der Waals surface area contributed by atoms with E-state index in [0.717, 1.165) is 0 Å². The first kappa shape index (κ1) is 19.9. The van der Waals surface area contributed by atoms with Gasteiger partial charge in [0.2, 0.25) is 0 Å². The van der Waals surface area contributed by atoms with E-state index >= 15 is 0 Å². The molecule has 0 amide bonds. The number of carbonyl (C=O) groups excluding carboxylic acids is 4. The predicted molar refractivity (Wildman–Crippen MR) is 52.0 cm³/mol. The SMILES string of the molecule is CC(=O)CC(C)=O.CC(=O)CC(C)=O.[Mo+2]. The standard InChI is InChI=1S/2C5H8O2.Mo/c2*1-4(6)3-5(2)7;/h2*3H2,1-2H3;/q;;+2. The van der Waals surface area contributed by atoms with E-state index in [2.05, 4.69) is 0 Å². The van der Waals surface area contributed by atoms with E-state index in [4.69, 9.17) is 0 Å². The minimum atomic E-state index is -0.0625. The van der Waals surface area contributed by atoms with Gasteiger partial charge < -0.3 is 0 Å². The normalized spacial score (nSPS) is 7.73. The van der Waals surface area contributed by atoms with E-state index in [1.807, 2.05) is 0 Å². The van der Waals surface area contributed by atoms with Crippen LogP contribution in [0.5, 0.6) is 0 Å². The first-order valence-electron chi connectivity index (χ1n) is 4.23. The molecule has 0 aromatic heterocycles. The molecule has 0 spiro atoms. The van der Waals surface area contributed by atoms with Gasteiger partial charge in [0.05, 0.1) is 12.8 Å². The van der Waals surface area contributed by atoms with Crippen LogP contribution in [-0.2, 0) is 40.2 Å². The van der Waals surface area contributed by atoms with E-state index in [-0.39, 0.29) is 57.0 Å². The molecule has 0 atom stereocenters. The summed E-state index contributed by atoms with van der Waals surface area (Å²) in [6.07, 6.45) is 0.167. The van der Waals surface area contributed by atoms with Crippen LogP contribution in [-0.4, -0.2) is 23.1 Å². The molecule has 84 valence electrons. The van der Waals surface area contributed by atoms with Gasteiger partial charge in [-0.2, -0.15) is 0 Å². The predicted octanol–water partition coefficient (Wildman–Crippen LogP) is 1.11. The second-order valence-corrected chi connectivity index (χ2v) is 3.16. The topological polar surface area (TPSA) is 68.3 Å². The molecule has 0 aliphatic heterocycles. The molecule has 0 radical (unpaired) electrons. The Morgan fingerprint density at radius 2 is 0.733 bits per heavy atom. The fraction of sp³-hybridized carbons (Fsp3) is 0.600. The van der Waals surface area contributed by atoms with E-state index < -0.39 is 0 Å². The van der Waals surface area contributed by atoms with Gasteiger partial charge in [0.1, 0.15) is 23.1 Å². The monoisotopic (exact) mass is 298 g/mol. The van der Waals surface area contributed by atoms with Crippen molar-refractivity contribution >= 4 is 23.1 Å². The third-order valence-electron chi connectivity index (χ3n) is 0.996. The zero-order chi connectivity index (χ0) is 11.7. The van der Waals surface area contributed by atoms with Crippen molar-refractivity contribution in [3.8, 4) is 0 Å². The van der Waals surface area contributed by atoms with Gasteiger partial charge >= 0.3 is 21.1 Å². The van der Waals surface area contributed by atoms with Crippen molar-refractivity contribution in [2.75, 3.05) is 0 Å². The van der Waals surface area contributed by atoms with Gasteiger partial charge in [0, 0.05) is 0 Å². The molecule has 0 saturated carbocycles. The molecule has 0 unspecified atom stereocenters. The molecule has 0 bridgehead atoms. The molecule has 0 aliphatic rings. The largest absolute Gasteiger partial charge is 2.00 e. The number of Topliss-reactive ketones (excluding diaryl/α,β-unsaturated/α-hetero) is 4. The molecular weight excluding hydrogens is 280 g/mol. The number of rotatable bonds is 4. The maximum absolute atomic E-state index is 10.0. The van der Waals surface area contributed by atoms with Gasteiger partial charge in [-0.1, -0.05) is 0 Å². The Bertz CT molecular complexity index is 196. The molecule has 5 heteroatoms. The Morgan fingerprint density at radius 3 is 0.733 bits per heavy atom. The molecule has 0 rings (SSSR count). The quantitative estimate of drug-likeness (QED) is 0.575. The minimum Gasteiger partial charge on any atom is -0.300 e. The maximum atomic E-state index is 10.0. The summed E-state index contributed by atoms with van der Waals surface area (Å²) in [5.41, 5.74) is 0. The van der Waals surface area contributed by atoms with Crippen molar-refractivity contribution in [3.63, 3.8) is 0 Å². The van der Waals surface area contributed by atoms with Gasteiger partial charge in [-0.15, -0.1) is 0 Å². The third-order valence-corrected chi connectivity index (χ3v) is 0.996. The van der Waals surface area contributed by atoms with E-state index in [1.54, 1.807) is 0 Å². The first-order valence-corrected chi connectivity index (χ1v) is 4.23. The molecule has 0 saturated heterocycles. The Balaban J connectivity index is -0.000000180. The molecule has 4 nitrogen and oxygen atoms in total. The van der Waals surface area contributed by atoms with Gasteiger partial charge in [0.15, 0.2) is 0 Å². The van der Waals surface area contributed by atoms with Crippen LogP contribution in [0.3, 0.4) is 0 Å². The van der Waals surface area contributed by atoms with Crippen LogP contribution in [0.25, 0.3) is 0 Å². The Kier molecular flexibility index (Phi) is 15.2. The fourth-order valence-corrected chi connectivity index (χ4v) is 0.701. The van der Waals surface area contributed by atoms with Crippen LogP contribution >= 0.6 is 0 Å². The van der Waals surface area contributed by atoms with Gasteiger partial charge in [-0.25, -0.2) is 0 Å². The van der Waals surface area contributed by atoms with Gasteiger partial charge in [-0.3, -0.25) is 19.2 Å². The molecular formula is C10H16MoO4+2. The average molecular weight is 296 g/mol. The van der Waals surface area contributed by atoms with Crippen molar-refractivity contribution in [3.05, 3.63) is 0 Å². The summed E-state index contributed by atoms with van der Waals surface area (Å²) in [6, 6.07) is 0. The summed E-state index contributed by atoms with van der Waals surface area (Å²) in [5.74, 6) is -0.250. The van der Waals surface area contributed by atoms with Crippen molar-refractivity contribution in [1.29, 1.82) is 0 Å². The number of ketones is 4. The van der Waals surface area contributed by atoms with Gasteiger partial charge in [-0.05, 0) is 27.7 Å². The Morgan fingerprint density at radius 1 is 0.600 bits per heavy atom. The number of hydrogen-bond donors (Lipinski definition) is 0.